The van der Waals surface area contributed by atoms with Crippen molar-refractivity contribution in [3.8, 4) is 22.3 Å². The van der Waals surface area contributed by atoms with Crippen molar-refractivity contribution in [1.82, 2.24) is 0 Å². The van der Waals surface area contributed by atoms with Crippen LogP contribution in [0.1, 0.15) is 26.0 Å². The molecule has 0 heteroatoms. The van der Waals surface area contributed by atoms with E-state index in [0.717, 1.165) is 0 Å². The molecule has 0 unspecified atom stereocenters. The van der Waals surface area contributed by atoms with E-state index in [4.69, 9.17) is 13.7 Å². The van der Waals surface area contributed by atoms with Gasteiger partial charge in [-0.1, -0.05) is 133 Å². The molecule has 0 heterocycles. The van der Waals surface area contributed by atoms with Crippen molar-refractivity contribution in [3.05, 3.63) is 145 Å². The van der Waals surface area contributed by atoms with Crippen LogP contribution >= 0.6 is 0 Å². The summed E-state index contributed by atoms with van der Waals surface area (Å²) in [5.74, 6) is 0. The van der Waals surface area contributed by atoms with Crippen LogP contribution in [0.4, 0.5) is 0 Å². The molecule has 0 spiro atoms. The first-order chi connectivity index (χ1) is 27.8. The molecule has 0 bridgehead atoms. The molecule has 0 aromatic heterocycles. The highest BCUT2D eigenvalue weighted by Gasteiger charge is 2.19. The van der Waals surface area contributed by atoms with E-state index in [9.17, 15) is 12.3 Å². The average Bonchev–Trinajstić information content (AvgIpc) is 3.21. The molecule has 0 saturated heterocycles. The Hall–Kier alpha value is -5.20. The first kappa shape index (κ1) is 10.4. The van der Waals surface area contributed by atoms with Gasteiger partial charge in [-0.2, -0.15) is 0 Å². The number of rotatable bonds is 2. The molecule has 184 valence electrons. The molecule has 0 aliphatic heterocycles. The predicted octanol–water partition coefficient (Wildman–Crippen LogP) is 11.4. The smallest absolute Gasteiger partial charge is 0.0622 e. The van der Waals surface area contributed by atoms with Crippen LogP contribution in [-0.4, -0.2) is 0 Å². The normalized spacial score (nSPS) is 18.6. The number of benzene rings is 9. The number of hydrogen-bond donors (Lipinski definition) is 0. The summed E-state index contributed by atoms with van der Waals surface area (Å²) in [6, 6.07) is -4.69. The molecule has 9 aromatic rings. The zero-order valence-corrected chi connectivity index (χ0v) is 20.4. The van der Waals surface area contributed by atoms with E-state index in [0.29, 0.717) is 5.56 Å². The van der Waals surface area contributed by atoms with E-state index >= 15 is 0 Å². The lowest BCUT2D eigenvalue weighted by atomic mass is 9.83. The fraction of sp³-hybridized carbons (Fsp3) is 0. The summed E-state index contributed by atoms with van der Waals surface area (Å²) >= 11 is 0. The van der Waals surface area contributed by atoms with Gasteiger partial charge >= 0.3 is 0 Å². The monoisotopic (exact) mass is 523 g/mol. The van der Waals surface area contributed by atoms with Crippen molar-refractivity contribution in [1.29, 1.82) is 0 Å². The highest BCUT2D eigenvalue weighted by atomic mass is 14.2. The van der Waals surface area contributed by atoms with Gasteiger partial charge < -0.3 is 0 Å². The molecule has 0 aliphatic rings. The van der Waals surface area contributed by atoms with Crippen molar-refractivity contribution in [3.63, 3.8) is 0 Å². The second-order valence-corrected chi connectivity index (χ2v) is 9.37. The Morgan fingerprint density at radius 3 is 1.62 bits per heavy atom. The largest absolute Gasteiger partial charge is 0.0636 e. The van der Waals surface area contributed by atoms with E-state index in [1.54, 1.807) is 30.3 Å². The molecule has 0 nitrogen and oxygen atoms in total. The Morgan fingerprint density at radius 2 is 0.900 bits per heavy atom. The number of hydrogen-bond acceptors (Lipinski definition) is 0. The van der Waals surface area contributed by atoms with Gasteiger partial charge in [0, 0.05) is 0 Å². The van der Waals surface area contributed by atoms with Gasteiger partial charge in [-0.05, 0) is 99.0 Å². The average molecular weight is 524 g/mol. The molecule has 40 heavy (non-hydrogen) atoms. The van der Waals surface area contributed by atoms with E-state index in [1.165, 1.54) is 0 Å². The lowest BCUT2D eigenvalue weighted by molar-refractivity contribution is 1.67. The van der Waals surface area contributed by atoms with Gasteiger partial charge in [0.2, 0.25) is 0 Å². The van der Waals surface area contributed by atoms with Crippen molar-refractivity contribution >= 4 is 64.6 Å². The van der Waals surface area contributed by atoms with Gasteiger partial charge in [0.25, 0.3) is 0 Å². The van der Waals surface area contributed by atoms with E-state index < -0.39 is 131 Å². The highest BCUT2D eigenvalue weighted by Crippen LogP contribution is 2.47. The van der Waals surface area contributed by atoms with Crippen molar-refractivity contribution in [2.45, 2.75) is 0 Å². The predicted molar refractivity (Wildman–Crippen MR) is 174 cm³/mol. The maximum Gasteiger partial charge on any atom is 0.0636 e. The lowest BCUT2D eigenvalue weighted by Crippen LogP contribution is -1.93. The van der Waals surface area contributed by atoms with Crippen LogP contribution in [0.2, 0.25) is 0 Å². The molecule has 0 fully saturated rings. The van der Waals surface area contributed by atoms with Crippen LogP contribution in [0, 0.1) is 0 Å². The van der Waals surface area contributed by atoms with Gasteiger partial charge in [-0.15, -0.1) is 0 Å². The summed E-state index contributed by atoms with van der Waals surface area (Å²) in [5, 5.41) is -3.57. The van der Waals surface area contributed by atoms with Crippen LogP contribution in [0.3, 0.4) is 0 Å². The van der Waals surface area contributed by atoms with Crippen LogP contribution in [0.5, 0.6) is 0 Å². The van der Waals surface area contributed by atoms with Gasteiger partial charge in [0.05, 0.1) is 26.0 Å². The third-order valence-corrected chi connectivity index (χ3v) is 7.25. The first-order valence-electron chi connectivity index (χ1n) is 21.9. The lowest BCUT2D eigenvalue weighted by Gasteiger charge is -2.20. The zero-order chi connectivity index (χ0) is 42.7. The van der Waals surface area contributed by atoms with Gasteiger partial charge in [-0.25, -0.2) is 0 Å². The molecule has 9 rings (SSSR count). The second kappa shape index (κ2) is 8.15. The van der Waals surface area contributed by atoms with Gasteiger partial charge in [-0.3, -0.25) is 0 Å². The van der Waals surface area contributed by atoms with Crippen LogP contribution in [0.15, 0.2) is 145 Å². The quantitative estimate of drug-likeness (QED) is 0.156. The standard InChI is InChI=1S/C40H24/c1-2-10-26(11-3-1)38-33-15-6-7-16-34(33)39(40-32-14-5-4-9-25(32)21-22-35(38)40)31-23-29-19-17-27-12-8-13-28-18-20-30(24-31)37(29)36(27)28/h1-24H/i4D,5D,6D,7D,8D,9D,12D,13D,14D,15D,16D,17D,18D,19D,20D,21D,22D,23D,24D. The molecule has 0 radical (unpaired) electrons. The van der Waals surface area contributed by atoms with Crippen LogP contribution in [-0.2, 0) is 0 Å². The highest BCUT2D eigenvalue weighted by molar-refractivity contribution is 6.29. The zero-order valence-electron chi connectivity index (χ0n) is 39.4. The third kappa shape index (κ3) is 2.96. The van der Waals surface area contributed by atoms with Crippen LogP contribution in [0.25, 0.3) is 86.9 Å². The molecule has 0 atom stereocenters. The molecular weight excluding hydrogens is 480 g/mol. The van der Waals surface area contributed by atoms with Gasteiger partial charge in [0.1, 0.15) is 0 Å². The third-order valence-electron chi connectivity index (χ3n) is 7.25. The fourth-order valence-corrected chi connectivity index (χ4v) is 5.61. The maximum absolute atomic E-state index is 9.85. The topological polar surface area (TPSA) is 0 Å². The van der Waals surface area contributed by atoms with E-state index in [2.05, 4.69) is 0 Å². The molecular formula is C40H24. The summed E-state index contributed by atoms with van der Waals surface area (Å²) in [6.45, 7) is 0. The summed E-state index contributed by atoms with van der Waals surface area (Å²) in [6.07, 6.45) is 0. The molecule has 0 aliphatic carbocycles. The first-order valence-corrected chi connectivity index (χ1v) is 12.4. The molecule has 0 amide bonds. The molecule has 0 saturated carbocycles. The Bertz CT molecular complexity index is 3380. The van der Waals surface area contributed by atoms with Gasteiger partial charge in [0.15, 0.2) is 0 Å². The minimum Gasteiger partial charge on any atom is -0.0622 e. The molecule has 0 N–H and O–H groups in total. The van der Waals surface area contributed by atoms with Crippen molar-refractivity contribution in [2.24, 2.45) is 0 Å². The Kier molecular flexibility index (Phi) is 2.12. The van der Waals surface area contributed by atoms with E-state index in [-0.39, 0.29) is 64.8 Å². The van der Waals surface area contributed by atoms with E-state index in [1.807, 2.05) is 0 Å². The molecule has 9 aromatic carbocycles. The second-order valence-electron chi connectivity index (χ2n) is 9.37. The Balaban J connectivity index is 1.73. The minimum absolute atomic E-state index is 0.00344. The Labute approximate surface area is 258 Å². The maximum atomic E-state index is 9.85. The SMILES string of the molecule is [2H]c1c([2H])c([2H])c2c(-c3c([2H])c4c([2H])c([2H])c5c([2H])c([2H])c([2H])c6c([2H])c([2H])c(c3[2H])c4c56)c3c(c([2H])c([2H])c4c([2H])c([2H])c([2H])c([2H])c43)c(-c3ccccc3)c2c1[2H]. The minimum atomic E-state index is -0.756. The summed E-state index contributed by atoms with van der Waals surface area (Å²) in [7, 11) is 0. The Morgan fingerprint density at radius 1 is 0.350 bits per heavy atom. The van der Waals surface area contributed by atoms with Crippen molar-refractivity contribution in [2.75, 3.05) is 0 Å². The summed E-state index contributed by atoms with van der Waals surface area (Å²) < 4.78 is 172. The van der Waals surface area contributed by atoms with Crippen LogP contribution < -0.4 is 0 Å². The fourth-order valence-electron chi connectivity index (χ4n) is 5.61. The van der Waals surface area contributed by atoms with Crippen molar-refractivity contribution < 1.29 is 26.0 Å². The number of fused-ring (bicyclic) bond motifs is 4. The summed E-state index contributed by atoms with van der Waals surface area (Å²) in [5.41, 5.74) is -0.638. The summed E-state index contributed by atoms with van der Waals surface area (Å²) in [4.78, 5) is 0.